The Kier molecular flexibility index (Phi) is 8.43. The highest BCUT2D eigenvalue weighted by molar-refractivity contribution is 7.89. The van der Waals surface area contributed by atoms with Crippen molar-refractivity contribution in [2.45, 2.75) is 70.0 Å². The van der Waals surface area contributed by atoms with Crippen LogP contribution >= 0.6 is 0 Å². The summed E-state index contributed by atoms with van der Waals surface area (Å²) in [4.78, 5) is 11.8. The number of nitrogens with two attached hydrogens (primary N) is 1. The lowest BCUT2D eigenvalue weighted by Gasteiger charge is -2.19. The Bertz CT molecular complexity index is 914. The molecule has 2 aromatic rings. The van der Waals surface area contributed by atoms with Crippen LogP contribution < -0.4 is 9.88 Å². The largest absolute Gasteiger partial charge is 0.489 e. The van der Waals surface area contributed by atoms with Gasteiger partial charge < -0.3 is 9.47 Å². The highest BCUT2D eigenvalue weighted by Crippen LogP contribution is 2.17. The Balaban J connectivity index is 1.69. The van der Waals surface area contributed by atoms with Crippen molar-refractivity contribution in [3.63, 3.8) is 0 Å². The Morgan fingerprint density at radius 2 is 1.50 bits per heavy atom. The fourth-order valence-corrected chi connectivity index (χ4v) is 3.38. The molecule has 0 fully saturated rings. The van der Waals surface area contributed by atoms with Crippen LogP contribution in [0, 0.1) is 0 Å². The van der Waals surface area contributed by atoms with Gasteiger partial charge in [-0.1, -0.05) is 30.7 Å². The molecule has 30 heavy (non-hydrogen) atoms. The molecule has 0 aromatic heterocycles. The number of carbonyl (C=O) groups excluding carboxylic acids is 1. The number of unbranched alkanes of at least 4 members (excludes halogenated alkanes) is 2. The Morgan fingerprint density at radius 3 is 2.07 bits per heavy atom. The third-order valence-corrected chi connectivity index (χ3v) is 5.28. The average molecular weight is 434 g/mol. The van der Waals surface area contributed by atoms with E-state index < -0.39 is 15.6 Å². The second-order valence-corrected chi connectivity index (χ2v) is 9.83. The van der Waals surface area contributed by atoms with Gasteiger partial charge in [-0.15, -0.1) is 0 Å². The minimum atomic E-state index is -3.68. The van der Waals surface area contributed by atoms with E-state index in [2.05, 4.69) is 0 Å². The van der Waals surface area contributed by atoms with Crippen LogP contribution in [0.1, 0.15) is 57.6 Å². The molecule has 0 aliphatic carbocycles. The Hall–Kier alpha value is -2.38. The fraction of sp³-hybridized carbons (Fsp3) is 0.435. The SMILES string of the molecule is CC(C)(C)OC(=O)CCCCCc1ccc(OCc2ccc(S(N)(=O)=O)cc2)cc1. The molecule has 0 amide bonds. The van der Waals surface area contributed by atoms with Crippen LogP contribution in [0.4, 0.5) is 0 Å². The molecule has 0 aliphatic rings. The third-order valence-electron chi connectivity index (χ3n) is 4.35. The molecule has 0 heterocycles. The van der Waals surface area contributed by atoms with Crippen LogP contribution in [0.3, 0.4) is 0 Å². The number of hydrogen-bond donors (Lipinski definition) is 1. The van der Waals surface area contributed by atoms with Gasteiger partial charge >= 0.3 is 5.97 Å². The first kappa shape index (κ1) is 23.9. The summed E-state index contributed by atoms with van der Waals surface area (Å²) in [6.45, 7) is 5.97. The zero-order valence-electron chi connectivity index (χ0n) is 17.9. The summed E-state index contributed by atoms with van der Waals surface area (Å²) < 4.78 is 33.6. The van der Waals surface area contributed by atoms with E-state index in [0.717, 1.165) is 37.0 Å². The second-order valence-electron chi connectivity index (χ2n) is 8.27. The zero-order chi connectivity index (χ0) is 22.2. The predicted molar refractivity (Wildman–Crippen MR) is 117 cm³/mol. The van der Waals surface area contributed by atoms with Crippen LogP contribution in [0.5, 0.6) is 5.75 Å². The maximum Gasteiger partial charge on any atom is 0.306 e. The Labute approximate surface area is 179 Å². The lowest BCUT2D eigenvalue weighted by atomic mass is 10.1. The summed E-state index contributed by atoms with van der Waals surface area (Å²) in [5, 5.41) is 5.09. The number of primary sulfonamides is 1. The number of benzene rings is 2. The van der Waals surface area contributed by atoms with Crippen LogP contribution in [0.2, 0.25) is 0 Å². The molecule has 2 N–H and O–H groups in total. The number of carbonyl (C=O) groups is 1. The topological polar surface area (TPSA) is 95.7 Å². The van der Waals surface area contributed by atoms with Crippen molar-refractivity contribution in [3.8, 4) is 5.75 Å². The van der Waals surface area contributed by atoms with Crippen molar-refractivity contribution >= 4 is 16.0 Å². The van der Waals surface area contributed by atoms with Gasteiger partial charge in [-0.3, -0.25) is 4.79 Å². The van der Waals surface area contributed by atoms with E-state index in [-0.39, 0.29) is 10.9 Å². The van der Waals surface area contributed by atoms with E-state index >= 15 is 0 Å². The molecule has 0 atom stereocenters. The highest BCUT2D eigenvalue weighted by atomic mass is 32.2. The highest BCUT2D eigenvalue weighted by Gasteiger charge is 2.15. The van der Waals surface area contributed by atoms with Gasteiger partial charge in [-0.25, -0.2) is 13.6 Å². The summed E-state index contributed by atoms with van der Waals surface area (Å²) in [6, 6.07) is 14.2. The molecule has 2 rings (SSSR count). The molecule has 0 unspecified atom stereocenters. The molecule has 0 saturated carbocycles. The average Bonchev–Trinajstić information content (AvgIpc) is 2.65. The molecule has 2 aromatic carbocycles. The van der Waals surface area contributed by atoms with Crippen molar-refractivity contribution < 1.29 is 22.7 Å². The number of sulfonamides is 1. The van der Waals surface area contributed by atoms with Gasteiger partial charge in [-0.2, -0.15) is 0 Å². The lowest BCUT2D eigenvalue weighted by molar-refractivity contribution is -0.154. The molecule has 0 aliphatic heterocycles. The molecule has 0 radical (unpaired) electrons. The van der Waals surface area contributed by atoms with E-state index in [0.29, 0.717) is 13.0 Å². The molecule has 6 nitrogen and oxygen atoms in total. The molecule has 7 heteroatoms. The van der Waals surface area contributed by atoms with Crippen molar-refractivity contribution in [1.82, 2.24) is 0 Å². The van der Waals surface area contributed by atoms with Crippen molar-refractivity contribution in [2.24, 2.45) is 5.14 Å². The van der Waals surface area contributed by atoms with Crippen LogP contribution in [0.25, 0.3) is 0 Å². The van der Waals surface area contributed by atoms with E-state index in [4.69, 9.17) is 14.6 Å². The Morgan fingerprint density at radius 1 is 0.900 bits per heavy atom. The van der Waals surface area contributed by atoms with Crippen molar-refractivity contribution in [1.29, 1.82) is 0 Å². The van der Waals surface area contributed by atoms with Gasteiger partial charge in [0.15, 0.2) is 0 Å². The summed E-state index contributed by atoms with van der Waals surface area (Å²) in [5.41, 5.74) is 1.66. The normalized spacial score (nSPS) is 11.9. The minimum Gasteiger partial charge on any atom is -0.489 e. The van der Waals surface area contributed by atoms with Gasteiger partial charge in [0.2, 0.25) is 10.0 Å². The van der Waals surface area contributed by atoms with E-state index in [1.807, 2.05) is 45.0 Å². The van der Waals surface area contributed by atoms with Crippen molar-refractivity contribution in [2.75, 3.05) is 0 Å². The van der Waals surface area contributed by atoms with Crippen LogP contribution in [-0.4, -0.2) is 20.0 Å². The first-order chi connectivity index (χ1) is 14.0. The van der Waals surface area contributed by atoms with Gasteiger partial charge in [0.25, 0.3) is 0 Å². The molecule has 0 saturated heterocycles. The summed E-state index contributed by atoms with van der Waals surface area (Å²) in [5.74, 6) is 0.613. The van der Waals surface area contributed by atoms with Gasteiger partial charge in [0, 0.05) is 6.42 Å². The molecule has 0 spiro atoms. The zero-order valence-corrected chi connectivity index (χ0v) is 18.7. The predicted octanol–water partition coefficient (Wildman–Crippen LogP) is 4.36. The lowest BCUT2D eigenvalue weighted by Crippen LogP contribution is -2.23. The third kappa shape index (κ3) is 8.97. The molecule has 0 bridgehead atoms. The van der Waals surface area contributed by atoms with Crippen molar-refractivity contribution in [3.05, 3.63) is 59.7 Å². The first-order valence-corrected chi connectivity index (χ1v) is 11.6. The maximum absolute atomic E-state index is 11.7. The molecule has 164 valence electrons. The van der Waals surface area contributed by atoms with E-state index in [9.17, 15) is 13.2 Å². The summed E-state index contributed by atoms with van der Waals surface area (Å²) in [7, 11) is -3.68. The van der Waals surface area contributed by atoms with Crippen LogP contribution in [-0.2, 0) is 32.6 Å². The van der Waals surface area contributed by atoms with E-state index in [1.54, 1.807) is 12.1 Å². The standard InChI is InChI=1S/C23H31NO5S/c1-23(2,3)29-22(25)8-6-4-5-7-18-9-13-20(14-10-18)28-17-19-11-15-21(16-12-19)30(24,26)27/h9-16H,4-8,17H2,1-3H3,(H2,24,26,27). The first-order valence-electron chi connectivity index (χ1n) is 10.1. The smallest absolute Gasteiger partial charge is 0.306 e. The number of aryl methyl sites for hydroxylation is 1. The quantitative estimate of drug-likeness (QED) is 0.444. The van der Waals surface area contributed by atoms with Crippen LogP contribution in [0.15, 0.2) is 53.4 Å². The van der Waals surface area contributed by atoms with Gasteiger partial charge in [0.1, 0.15) is 18.0 Å². The maximum atomic E-state index is 11.7. The fourth-order valence-electron chi connectivity index (χ4n) is 2.86. The van der Waals surface area contributed by atoms with Gasteiger partial charge in [0.05, 0.1) is 4.90 Å². The second kappa shape index (κ2) is 10.6. The number of esters is 1. The molecular formula is C23H31NO5S. The number of hydrogen-bond acceptors (Lipinski definition) is 5. The number of ether oxygens (including phenoxy) is 2. The molecular weight excluding hydrogens is 402 g/mol. The van der Waals surface area contributed by atoms with E-state index in [1.165, 1.54) is 17.7 Å². The van der Waals surface area contributed by atoms with Gasteiger partial charge in [-0.05, 0) is 75.4 Å². The monoisotopic (exact) mass is 433 g/mol. The minimum absolute atomic E-state index is 0.0849. The summed E-state index contributed by atoms with van der Waals surface area (Å²) in [6.07, 6.45) is 4.23. The number of rotatable bonds is 10. The summed E-state index contributed by atoms with van der Waals surface area (Å²) >= 11 is 0.